The third kappa shape index (κ3) is 5.29. The van der Waals surface area contributed by atoms with Crippen molar-refractivity contribution in [3.63, 3.8) is 0 Å². The molecule has 5 heteroatoms. The predicted octanol–water partition coefficient (Wildman–Crippen LogP) is 13.8. The van der Waals surface area contributed by atoms with Crippen molar-refractivity contribution in [3.05, 3.63) is 194 Å². The summed E-state index contributed by atoms with van der Waals surface area (Å²) in [6, 6.07) is 68.2. The summed E-state index contributed by atoms with van der Waals surface area (Å²) in [5.41, 5.74) is 10.1. The van der Waals surface area contributed by atoms with Crippen LogP contribution in [0.5, 0.6) is 0 Å². The largest absolute Gasteiger partial charge is 0.456 e. The van der Waals surface area contributed by atoms with Gasteiger partial charge < -0.3 is 8.98 Å². The van der Waals surface area contributed by atoms with E-state index in [-0.39, 0.29) is 0 Å². The van der Waals surface area contributed by atoms with E-state index in [4.69, 9.17) is 19.4 Å². The summed E-state index contributed by atoms with van der Waals surface area (Å²) in [5.74, 6) is 1.83. The third-order valence-corrected chi connectivity index (χ3v) is 11.4. The van der Waals surface area contributed by atoms with Crippen molar-refractivity contribution in [2.24, 2.45) is 0 Å². The molecule has 12 aromatic rings. The highest BCUT2D eigenvalue weighted by atomic mass is 16.3. The number of rotatable bonds is 5. The Balaban J connectivity index is 1.00. The average Bonchev–Trinajstić information content (AvgIpc) is 3.83. The van der Waals surface area contributed by atoms with E-state index >= 15 is 0 Å². The summed E-state index contributed by atoms with van der Waals surface area (Å²) in [4.78, 5) is 15.3. The van der Waals surface area contributed by atoms with Gasteiger partial charge in [-0.2, -0.15) is 0 Å². The number of hydrogen-bond acceptors (Lipinski definition) is 4. The molecule has 58 heavy (non-hydrogen) atoms. The van der Waals surface area contributed by atoms with Crippen molar-refractivity contribution in [1.82, 2.24) is 19.5 Å². The molecule has 12 rings (SSSR count). The van der Waals surface area contributed by atoms with Gasteiger partial charge in [-0.25, -0.2) is 15.0 Å². The Morgan fingerprint density at radius 3 is 1.57 bits per heavy atom. The normalized spacial score (nSPS) is 11.8. The molecule has 0 saturated carbocycles. The highest BCUT2D eigenvalue weighted by molar-refractivity contribution is 6.11. The molecule has 0 aliphatic heterocycles. The summed E-state index contributed by atoms with van der Waals surface area (Å²) in [6.45, 7) is 0. The van der Waals surface area contributed by atoms with Crippen LogP contribution >= 0.6 is 0 Å². The van der Waals surface area contributed by atoms with Gasteiger partial charge in [0.25, 0.3) is 0 Å². The maximum atomic E-state index is 6.58. The van der Waals surface area contributed by atoms with E-state index in [9.17, 15) is 0 Å². The predicted molar refractivity (Wildman–Crippen MR) is 238 cm³/mol. The molecular weight excluding hydrogens is 709 g/mol. The molecule has 0 radical (unpaired) electrons. The fraction of sp³-hybridized carbons (Fsp3) is 0. The van der Waals surface area contributed by atoms with Crippen molar-refractivity contribution < 1.29 is 4.42 Å². The molecule has 0 bridgehead atoms. The van der Waals surface area contributed by atoms with E-state index in [1.54, 1.807) is 0 Å². The molecule has 270 valence electrons. The Bertz CT molecular complexity index is 3480. The van der Waals surface area contributed by atoms with Crippen molar-refractivity contribution in [1.29, 1.82) is 0 Å². The van der Waals surface area contributed by atoms with E-state index < -0.39 is 0 Å². The van der Waals surface area contributed by atoms with E-state index in [2.05, 4.69) is 199 Å². The lowest BCUT2D eigenvalue weighted by atomic mass is 10.0. The molecule has 0 amide bonds. The van der Waals surface area contributed by atoms with Crippen LogP contribution in [0.2, 0.25) is 0 Å². The van der Waals surface area contributed by atoms with Crippen LogP contribution in [0.1, 0.15) is 0 Å². The van der Waals surface area contributed by atoms with Crippen LogP contribution in [-0.2, 0) is 0 Å². The highest BCUT2D eigenvalue weighted by Gasteiger charge is 2.18. The molecule has 3 heterocycles. The van der Waals surface area contributed by atoms with Gasteiger partial charge in [0, 0.05) is 43.9 Å². The fourth-order valence-corrected chi connectivity index (χ4v) is 8.52. The zero-order valence-electron chi connectivity index (χ0n) is 31.2. The smallest absolute Gasteiger partial charge is 0.164 e. The number of para-hydroxylation sites is 1. The fourth-order valence-electron chi connectivity index (χ4n) is 8.52. The van der Waals surface area contributed by atoms with E-state index in [1.165, 1.54) is 32.7 Å². The van der Waals surface area contributed by atoms with Crippen molar-refractivity contribution in [2.45, 2.75) is 0 Å². The van der Waals surface area contributed by atoms with Gasteiger partial charge in [0.05, 0.1) is 11.0 Å². The second kappa shape index (κ2) is 12.8. The van der Waals surface area contributed by atoms with Gasteiger partial charge >= 0.3 is 0 Å². The maximum absolute atomic E-state index is 6.58. The first-order valence-electron chi connectivity index (χ1n) is 19.5. The van der Waals surface area contributed by atoms with Gasteiger partial charge in [-0.3, -0.25) is 0 Å². The number of nitrogens with zero attached hydrogens (tertiary/aromatic N) is 4. The highest BCUT2D eigenvalue weighted by Crippen LogP contribution is 2.38. The van der Waals surface area contributed by atoms with Gasteiger partial charge in [-0.1, -0.05) is 140 Å². The SMILES string of the molecule is c1ccc(-c2ccc3c4ccccc4n(-c4ccc5oc6cc(-c7nc(-c8ccc9ccccc9c8)nc(-c8ccc9ccccc9c8)n7)ccc6c5c4)c3c2)cc1. The number of benzene rings is 9. The molecule has 0 saturated heterocycles. The van der Waals surface area contributed by atoms with E-state index in [0.717, 1.165) is 66.1 Å². The zero-order valence-corrected chi connectivity index (χ0v) is 31.2. The first kappa shape index (κ1) is 32.4. The summed E-state index contributed by atoms with van der Waals surface area (Å²) in [6.07, 6.45) is 0. The molecule has 5 nitrogen and oxygen atoms in total. The first-order valence-corrected chi connectivity index (χ1v) is 19.5. The molecule has 0 unspecified atom stereocenters. The van der Waals surface area contributed by atoms with Gasteiger partial charge in [0.1, 0.15) is 11.2 Å². The molecule has 0 spiro atoms. The van der Waals surface area contributed by atoms with Gasteiger partial charge in [0.2, 0.25) is 0 Å². The lowest BCUT2D eigenvalue weighted by Gasteiger charge is -2.10. The monoisotopic (exact) mass is 740 g/mol. The average molecular weight is 741 g/mol. The van der Waals surface area contributed by atoms with Crippen LogP contribution in [0.25, 0.3) is 116 Å². The standard InChI is InChI=1S/C53H32N4O/c1-2-10-33(11-3-1)38-22-25-44-43-16-8-9-17-47(43)57(48(44)30-38)42-24-27-49-46(32-42)45-26-23-41(31-50(45)58-49)53-55-51(39-20-18-34-12-4-6-14-36(34)28-39)54-52(56-53)40-21-19-35-13-5-7-15-37(35)29-40/h1-32H. The van der Waals surface area contributed by atoms with Crippen LogP contribution in [0.15, 0.2) is 199 Å². The van der Waals surface area contributed by atoms with Crippen LogP contribution in [0.4, 0.5) is 0 Å². The summed E-state index contributed by atoms with van der Waals surface area (Å²) in [7, 11) is 0. The van der Waals surface area contributed by atoms with Crippen LogP contribution < -0.4 is 0 Å². The number of aromatic nitrogens is 4. The zero-order chi connectivity index (χ0) is 38.2. The molecule has 3 aromatic heterocycles. The van der Waals surface area contributed by atoms with Crippen molar-refractivity contribution >= 4 is 65.3 Å². The van der Waals surface area contributed by atoms with Crippen molar-refractivity contribution in [3.8, 4) is 51.0 Å². The second-order valence-corrected chi connectivity index (χ2v) is 14.9. The Morgan fingerprint density at radius 2 is 0.862 bits per heavy atom. The molecule has 0 atom stereocenters. The summed E-state index contributed by atoms with van der Waals surface area (Å²) >= 11 is 0. The Hall–Kier alpha value is -7.89. The molecule has 0 aliphatic rings. The Labute approximate surface area is 333 Å². The molecule has 9 aromatic carbocycles. The maximum Gasteiger partial charge on any atom is 0.164 e. The molecular formula is C53H32N4O. The second-order valence-electron chi connectivity index (χ2n) is 14.9. The Morgan fingerprint density at radius 1 is 0.310 bits per heavy atom. The van der Waals surface area contributed by atoms with E-state index in [1.807, 2.05) is 0 Å². The molecule has 0 N–H and O–H groups in total. The van der Waals surface area contributed by atoms with Crippen molar-refractivity contribution in [2.75, 3.05) is 0 Å². The van der Waals surface area contributed by atoms with Gasteiger partial charge in [0.15, 0.2) is 17.5 Å². The quantitative estimate of drug-likeness (QED) is 0.176. The third-order valence-electron chi connectivity index (χ3n) is 11.4. The Kier molecular flexibility index (Phi) is 7.16. The number of fused-ring (bicyclic) bond motifs is 8. The van der Waals surface area contributed by atoms with E-state index in [0.29, 0.717) is 17.5 Å². The summed E-state index contributed by atoms with van der Waals surface area (Å²) in [5, 5.41) is 9.14. The molecule has 0 fully saturated rings. The minimum Gasteiger partial charge on any atom is -0.456 e. The minimum atomic E-state index is 0.587. The van der Waals surface area contributed by atoms with Gasteiger partial charge in [-0.05, 0) is 87.3 Å². The van der Waals surface area contributed by atoms with Gasteiger partial charge in [-0.15, -0.1) is 0 Å². The number of hydrogen-bond donors (Lipinski definition) is 0. The minimum absolute atomic E-state index is 0.587. The van der Waals surface area contributed by atoms with Crippen LogP contribution in [0, 0.1) is 0 Å². The molecule has 0 aliphatic carbocycles. The summed E-state index contributed by atoms with van der Waals surface area (Å²) < 4.78 is 8.96. The lowest BCUT2D eigenvalue weighted by molar-refractivity contribution is 0.669. The number of furan rings is 1. The van der Waals surface area contributed by atoms with Crippen LogP contribution in [-0.4, -0.2) is 19.5 Å². The topological polar surface area (TPSA) is 56.7 Å². The first-order chi connectivity index (χ1) is 28.7. The lowest BCUT2D eigenvalue weighted by Crippen LogP contribution is -2.00. The van der Waals surface area contributed by atoms with Crippen LogP contribution in [0.3, 0.4) is 0 Å².